The summed E-state index contributed by atoms with van der Waals surface area (Å²) in [5.41, 5.74) is 4.79. The van der Waals surface area contributed by atoms with Crippen LogP contribution in [0.3, 0.4) is 0 Å². The van der Waals surface area contributed by atoms with Crippen molar-refractivity contribution in [3.63, 3.8) is 0 Å². The molecule has 3 aromatic heterocycles. The lowest BCUT2D eigenvalue weighted by Crippen LogP contribution is -2.32. The summed E-state index contributed by atoms with van der Waals surface area (Å²) in [4.78, 5) is 11.6. The number of nitrogens with zero attached hydrogens (tertiary/aromatic N) is 4. The predicted molar refractivity (Wildman–Crippen MR) is 133 cm³/mol. The average Bonchev–Trinajstić information content (AvgIpc) is 3.22. The third kappa shape index (κ3) is 5.07. The topological polar surface area (TPSA) is 66.2 Å². The number of anilines is 2. The van der Waals surface area contributed by atoms with E-state index < -0.39 is 0 Å². The molecule has 0 bridgehead atoms. The first kappa shape index (κ1) is 21.6. The molecule has 0 atom stereocenters. The van der Waals surface area contributed by atoms with Crippen LogP contribution in [0.15, 0.2) is 73.2 Å². The summed E-state index contributed by atoms with van der Waals surface area (Å²) in [6, 6.07) is 18.7. The van der Waals surface area contributed by atoms with Crippen LogP contribution in [0.4, 0.5) is 11.5 Å². The van der Waals surface area contributed by atoms with Gasteiger partial charge in [-0.25, -0.2) is 4.98 Å². The number of nitrogens with one attached hydrogen (secondary N) is 1. The van der Waals surface area contributed by atoms with Gasteiger partial charge in [-0.15, -0.1) is 0 Å². The van der Waals surface area contributed by atoms with E-state index in [9.17, 15) is 5.11 Å². The SMILES string of the molecule is OCCCn1cc(CN2CCC(c3ccc(Nc4ccccn4)cn3)CC2)c2ccccc21. The first-order valence-electron chi connectivity index (χ1n) is 11.8. The van der Waals surface area contributed by atoms with E-state index in [0.29, 0.717) is 5.92 Å². The van der Waals surface area contributed by atoms with Gasteiger partial charge < -0.3 is 15.0 Å². The second kappa shape index (κ2) is 10.1. The molecule has 0 aliphatic carbocycles. The fraction of sp³-hybridized carbons (Fsp3) is 0.333. The Morgan fingerprint density at radius 1 is 0.970 bits per heavy atom. The number of benzene rings is 1. The van der Waals surface area contributed by atoms with Gasteiger partial charge in [0.2, 0.25) is 0 Å². The highest BCUT2D eigenvalue weighted by Crippen LogP contribution is 2.30. The third-order valence-corrected chi connectivity index (χ3v) is 6.55. The maximum Gasteiger partial charge on any atom is 0.130 e. The highest BCUT2D eigenvalue weighted by Gasteiger charge is 2.22. The Bertz CT molecular complexity index is 1160. The largest absolute Gasteiger partial charge is 0.396 e. The van der Waals surface area contributed by atoms with Crippen LogP contribution < -0.4 is 5.32 Å². The molecule has 5 rings (SSSR count). The molecule has 1 saturated heterocycles. The number of aliphatic hydroxyl groups is 1. The summed E-state index contributed by atoms with van der Waals surface area (Å²) < 4.78 is 2.29. The molecular weight excluding hydrogens is 410 g/mol. The van der Waals surface area contributed by atoms with Gasteiger partial charge in [-0.1, -0.05) is 24.3 Å². The monoisotopic (exact) mass is 441 g/mol. The van der Waals surface area contributed by atoms with E-state index in [4.69, 9.17) is 4.98 Å². The summed E-state index contributed by atoms with van der Waals surface area (Å²) in [5, 5.41) is 13.9. The summed E-state index contributed by atoms with van der Waals surface area (Å²) >= 11 is 0. The van der Waals surface area contributed by atoms with Crippen LogP contribution >= 0.6 is 0 Å². The summed E-state index contributed by atoms with van der Waals surface area (Å²) in [6.07, 6.45) is 9.02. The van der Waals surface area contributed by atoms with Crippen LogP contribution in [0.2, 0.25) is 0 Å². The summed E-state index contributed by atoms with van der Waals surface area (Å²) in [7, 11) is 0. The second-order valence-corrected chi connectivity index (χ2v) is 8.80. The maximum atomic E-state index is 9.23. The van der Waals surface area contributed by atoms with Crippen molar-refractivity contribution in [1.29, 1.82) is 0 Å². The first-order chi connectivity index (χ1) is 16.3. The van der Waals surface area contributed by atoms with Gasteiger partial charge in [-0.2, -0.15) is 0 Å². The number of aryl methyl sites for hydroxylation is 1. The van der Waals surface area contributed by atoms with Crippen molar-refractivity contribution >= 4 is 22.4 Å². The van der Waals surface area contributed by atoms with E-state index in [2.05, 4.69) is 62.4 Å². The third-order valence-electron chi connectivity index (χ3n) is 6.55. The molecule has 2 N–H and O–H groups in total. The molecule has 0 radical (unpaired) electrons. The van der Waals surface area contributed by atoms with Crippen LogP contribution in [0.5, 0.6) is 0 Å². The molecule has 6 nitrogen and oxygen atoms in total. The van der Waals surface area contributed by atoms with Crippen molar-refractivity contribution in [2.24, 2.45) is 0 Å². The Balaban J connectivity index is 1.19. The van der Waals surface area contributed by atoms with Crippen LogP contribution in [-0.2, 0) is 13.1 Å². The Morgan fingerprint density at radius 2 is 1.82 bits per heavy atom. The van der Waals surface area contributed by atoms with Gasteiger partial charge >= 0.3 is 0 Å². The summed E-state index contributed by atoms with van der Waals surface area (Å²) in [5.74, 6) is 1.34. The molecule has 0 spiro atoms. The maximum absolute atomic E-state index is 9.23. The Hall–Kier alpha value is -3.22. The van der Waals surface area contributed by atoms with Gasteiger partial charge in [0.15, 0.2) is 0 Å². The highest BCUT2D eigenvalue weighted by molar-refractivity contribution is 5.83. The lowest BCUT2D eigenvalue weighted by Gasteiger charge is -2.31. The zero-order chi connectivity index (χ0) is 22.5. The average molecular weight is 442 g/mol. The van der Waals surface area contributed by atoms with E-state index in [1.54, 1.807) is 6.20 Å². The van der Waals surface area contributed by atoms with E-state index in [-0.39, 0.29) is 6.61 Å². The van der Waals surface area contributed by atoms with Gasteiger partial charge in [-0.05, 0) is 68.2 Å². The second-order valence-electron chi connectivity index (χ2n) is 8.80. The number of fused-ring (bicyclic) bond motifs is 1. The van der Waals surface area contributed by atoms with Crippen LogP contribution in [-0.4, -0.2) is 44.2 Å². The molecule has 1 aliphatic heterocycles. The van der Waals surface area contributed by atoms with Crippen LogP contribution in [0, 0.1) is 0 Å². The molecular formula is C27H31N5O. The van der Waals surface area contributed by atoms with Crippen molar-refractivity contribution in [3.05, 3.63) is 84.4 Å². The zero-order valence-corrected chi connectivity index (χ0v) is 18.9. The number of piperidine rings is 1. The highest BCUT2D eigenvalue weighted by atomic mass is 16.3. The molecule has 0 saturated carbocycles. The van der Waals surface area contributed by atoms with Gasteiger partial charge in [0, 0.05) is 54.6 Å². The van der Waals surface area contributed by atoms with E-state index >= 15 is 0 Å². The van der Waals surface area contributed by atoms with Crippen molar-refractivity contribution in [1.82, 2.24) is 19.4 Å². The minimum atomic E-state index is 0.226. The van der Waals surface area contributed by atoms with E-state index in [1.807, 2.05) is 24.4 Å². The fourth-order valence-electron chi connectivity index (χ4n) is 4.81. The van der Waals surface area contributed by atoms with Crippen LogP contribution in [0.25, 0.3) is 10.9 Å². The van der Waals surface area contributed by atoms with Crippen molar-refractivity contribution < 1.29 is 5.11 Å². The van der Waals surface area contributed by atoms with E-state index in [1.165, 1.54) is 22.2 Å². The Morgan fingerprint density at radius 3 is 2.58 bits per heavy atom. The number of aromatic nitrogens is 3. The van der Waals surface area contributed by atoms with Crippen molar-refractivity contribution in [2.75, 3.05) is 25.0 Å². The molecule has 0 unspecified atom stereocenters. The number of para-hydroxylation sites is 1. The number of hydrogen-bond donors (Lipinski definition) is 2. The quantitative estimate of drug-likeness (QED) is 0.406. The summed E-state index contributed by atoms with van der Waals surface area (Å²) in [6.45, 7) is 4.21. The minimum absolute atomic E-state index is 0.226. The van der Waals surface area contributed by atoms with Gasteiger partial charge in [-0.3, -0.25) is 9.88 Å². The lowest BCUT2D eigenvalue weighted by atomic mass is 9.92. The molecule has 0 amide bonds. The molecule has 170 valence electrons. The fourth-order valence-corrected chi connectivity index (χ4v) is 4.81. The Labute approximate surface area is 194 Å². The molecule has 1 aromatic carbocycles. The molecule has 33 heavy (non-hydrogen) atoms. The van der Waals surface area contributed by atoms with E-state index in [0.717, 1.165) is 56.9 Å². The number of rotatable bonds is 8. The van der Waals surface area contributed by atoms with Crippen LogP contribution in [0.1, 0.15) is 36.4 Å². The normalized spacial score (nSPS) is 15.2. The zero-order valence-electron chi connectivity index (χ0n) is 18.9. The molecule has 4 heterocycles. The number of hydrogen-bond acceptors (Lipinski definition) is 5. The Kier molecular flexibility index (Phi) is 6.65. The smallest absolute Gasteiger partial charge is 0.130 e. The van der Waals surface area contributed by atoms with Gasteiger partial charge in [0.1, 0.15) is 5.82 Å². The van der Waals surface area contributed by atoms with Crippen molar-refractivity contribution in [2.45, 2.75) is 38.3 Å². The molecule has 1 fully saturated rings. The van der Waals surface area contributed by atoms with Gasteiger partial charge in [0.05, 0.1) is 11.9 Å². The molecule has 6 heteroatoms. The minimum Gasteiger partial charge on any atom is -0.396 e. The van der Waals surface area contributed by atoms with Crippen molar-refractivity contribution in [3.8, 4) is 0 Å². The number of likely N-dealkylation sites (tertiary alicyclic amines) is 1. The number of aliphatic hydroxyl groups excluding tert-OH is 1. The van der Waals surface area contributed by atoms with Gasteiger partial charge in [0.25, 0.3) is 0 Å². The lowest BCUT2D eigenvalue weighted by molar-refractivity contribution is 0.204. The number of pyridine rings is 2. The molecule has 4 aromatic rings. The predicted octanol–water partition coefficient (Wildman–Crippen LogP) is 4.94. The first-order valence-corrected chi connectivity index (χ1v) is 11.8. The molecule has 1 aliphatic rings. The standard InChI is InChI=1S/C27H31N5O/c33-17-5-14-32-20-22(24-6-1-2-7-26(24)32)19-31-15-11-21(12-16-31)25-10-9-23(18-29-25)30-27-8-3-4-13-28-27/h1-4,6-10,13,18,20-21,33H,5,11-12,14-17,19H2,(H,28,30).